The van der Waals surface area contributed by atoms with Crippen molar-refractivity contribution in [3.05, 3.63) is 58.7 Å². The van der Waals surface area contributed by atoms with E-state index < -0.39 is 28.8 Å². The first-order chi connectivity index (χ1) is 14.5. The average molecular weight is 422 g/mol. The van der Waals surface area contributed by atoms with Crippen LogP contribution in [-0.2, 0) is 16.1 Å². The summed E-state index contributed by atoms with van der Waals surface area (Å²) in [6, 6.07) is 10.4. The number of fused-ring (bicyclic) bond motifs is 5. The van der Waals surface area contributed by atoms with Gasteiger partial charge in [-0.2, -0.15) is 0 Å². The molecule has 0 saturated heterocycles. The molecule has 0 aromatic heterocycles. The minimum absolute atomic E-state index is 0.145. The molecule has 5 rings (SSSR count). The lowest BCUT2D eigenvalue weighted by atomic mass is 9.82. The van der Waals surface area contributed by atoms with E-state index in [0.717, 1.165) is 12.0 Å². The van der Waals surface area contributed by atoms with E-state index >= 15 is 0 Å². The number of benzene rings is 2. The summed E-state index contributed by atoms with van der Waals surface area (Å²) in [6.07, 6.45) is 0.254. The Balaban J connectivity index is 1.68. The monoisotopic (exact) mass is 422 g/mol. The van der Waals surface area contributed by atoms with E-state index in [1.54, 1.807) is 45.0 Å². The number of nitrogens with two attached hydrogens (primary N) is 1. The molecule has 4 atom stereocenters. The predicted octanol–water partition coefficient (Wildman–Crippen LogP) is 3.55. The number of rotatable bonds is 2. The first kappa shape index (κ1) is 19.9. The Hall–Kier alpha value is -3.06. The quantitative estimate of drug-likeness (QED) is 0.639. The zero-order valence-corrected chi connectivity index (χ0v) is 18.0. The fourth-order valence-corrected chi connectivity index (χ4v) is 4.86. The van der Waals surface area contributed by atoms with E-state index in [-0.39, 0.29) is 16.8 Å². The van der Waals surface area contributed by atoms with Gasteiger partial charge in [0.1, 0.15) is 11.4 Å². The van der Waals surface area contributed by atoms with Gasteiger partial charge < -0.3 is 20.3 Å². The largest absolute Gasteiger partial charge is 0.454 e. The van der Waals surface area contributed by atoms with Crippen molar-refractivity contribution in [2.45, 2.75) is 57.0 Å². The molecule has 3 aliphatic rings. The van der Waals surface area contributed by atoms with Gasteiger partial charge in [0.2, 0.25) is 11.3 Å². The number of Topliss-reactive ketones (excluding diaryl/α,β-unsaturated/α-hetero) is 1. The molecule has 1 heterocycles. The molecule has 7 heteroatoms. The molecule has 0 spiro atoms. The van der Waals surface area contributed by atoms with E-state index in [9.17, 15) is 14.7 Å². The normalized spacial score (nSPS) is 30.2. The van der Waals surface area contributed by atoms with Gasteiger partial charge in [-0.1, -0.05) is 31.2 Å². The fraction of sp³-hybridized carbons (Fsp3) is 0.417. The van der Waals surface area contributed by atoms with E-state index in [4.69, 9.17) is 15.2 Å². The zero-order valence-electron chi connectivity index (χ0n) is 18.0. The molecule has 1 amide bonds. The third-order valence-electron chi connectivity index (χ3n) is 6.43. The van der Waals surface area contributed by atoms with Crippen LogP contribution in [0.2, 0.25) is 0 Å². The van der Waals surface area contributed by atoms with E-state index in [2.05, 4.69) is 12.2 Å². The number of nitrogens with one attached hydrogen (secondary N) is 1. The predicted molar refractivity (Wildman–Crippen MR) is 114 cm³/mol. The lowest BCUT2D eigenvalue weighted by Crippen LogP contribution is -2.60. The molecule has 2 aromatic carbocycles. The molecule has 2 aliphatic carbocycles. The standard InChI is InChI=1S/C24H26N2O5/c1-12-10-14(12)13-8-9-15-18(11-13)30-24(29)16-6-5-7-17(25)19(16)20(27)23(15,24)26-21(28)31-22(2,3)4/h5-9,11-12,14,29H,10,25H2,1-4H3,(H,26,28)/t12-,14?,23-,24-/m1/s1. The van der Waals surface area contributed by atoms with Crippen LogP contribution in [0.5, 0.6) is 5.75 Å². The maximum Gasteiger partial charge on any atom is 0.408 e. The summed E-state index contributed by atoms with van der Waals surface area (Å²) in [7, 11) is 0. The highest BCUT2D eigenvalue weighted by Crippen LogP contribution is 2.60. The third kappa shape index (κ3) is 2.62. The van der Waals surface area contributed by atoms with Crippen molar-refractivity contribution in [3.8, 4) is 5.75 Å². The number of alkyl carbamates (subject to hydrolysis) is 1. The molecule has 1 unspecified atom stereocenters. The number of ether oxygens (including phenoxy) is 2. The van der Waals surface area contributed by atoms with Crippen LogP contribution < -0.4 is 15.8 Å². The molecule has 0 bridgehead atoms. The molecule has 162 valence electrons. The van der Waals surface area contributed by atoms with E-state index in [1.807, 2.05) is 12.1 Å². The van der Waals surface area contributed by atoms with Gasteiger partial charge in [-0.05, 0) is 56.7 Å². The molecular weight excluding hydrogens is 396 g/mol. The van der Waals surface area contributed by atoms with Crippen LogP contribution in [0.1, 0.15) is 67.1 Å². The van der Waals surface area contributed by atoms with Crippen LogP contribution in [0.4, 0.5) is 10.5 Å². The molecule has 1 saturated carbocycles. The second-order valence-corrected chi connectivity index (χ2v) is 9.80. The third-order valence-corrected chi connectivity index (χ3v) is 6.43. The summed E-state index contributed by atoms with van der Waals surface area (Å²) in [5.74, 6) is -1.28. The Morgan fingerprint density at radius 1 is 1.26 bits per heavy atom. The van der Waals surface area contributed by atoms with Crippen molar-refractivity contribution in [1.82, 2.24) is 5.32 Å². The molecule has 2 aromatic rings. The van der Waals surface area contributed by atoms with E-state index in [0.29, 0.717) is 23.1 Å². The van der Waals surface area contributed by atoms with Gasteiger partial charge >= 0.3 is 6.09 Å². The van der Waals surface area contributed by atoms with Crippen LogP contribution in [0.25, 0.3) is 0 Å². The summed E-state index contributed by atoms with van der Waals surface area (Å²) in [5, 5.41) is 14.5. The summed E-state index contributed by atoms with van der Waals surface area (Å²) in [5.41, 5.74) is 5.47. The molecule has 1 aliphatic heterocycles. The van der Waals surface area contributed by atoms with Gasteiger partial charge in [0.15, 0.2) is 0 Å². The second kappa shape index (κ2) is 6.01. The number of ketones is 1. The van der Waals surface area contributed by atoms with Gasteiger partial charge in [-0.3, -0.25) is 10.1 Å². The fourth-order valence-electron chi connectivity index (χ4n) is 4.86. The Morgan fingerprint density at radius 3 is 2.61 bits per heavy atom. The summed E-state index contributed by atoms with van der Waals surface area (Å²) in [6.45, 7) is 7.35. The molecule has 31 heavy (non-hydrogen) atoms. The number of carbonyl (C=O) groups is 2. The number of anilines is 1. The SMILES string of the molecule is C[C@@H]1CC1c1ccc2c(c1)O[C@]1(O)c3cccc(N)c3C(=O)[C@]21NC(=O)OC(C)(C)C. The number of carbonyl (C=O) groups excluding carboxylic acids is 2. The van der Waals surface area contributed by atoms with Crippen molar-refractivity contribution >= 4 is 17.6 Å². The average Bonchev–Trinajstić information content (AvgIpc) is 3.29. The van der Waals surface area contributed by atoms with Gasteiger partial charge in [0, 0.05) is 16.8 Å². The van der Waals surface area contributed by atoms with Gasteiger partial charge in [-0.15, -0.1) is 0 Å². The maximum atomic E-state index is 13.8. The van der Waals surface area contributed by atoms with Gasteiger partial charge in [0.05, 0.1) is 5.56 Å². The number of nitrogen functional groups attached to an aromatic ring is 1. The van der Waals surface area contributed by atoms with Crippen molar-refractivity contribution in [2.24, 2.45) is 5.92 Å². The maximum absolute atomic E-state index is 13.8. The second-order valence-electron chi connectivity index (χ2n) is 9.80. The Kier molecular flexibility index (Phi) is 3.85. The summed E-state index contributed by atoms with van der Waals surface area (Å²) >= 11 is 0. The molecule has 1 fully saturated rings. The van der Waals surface area contributed by atoms with Crippen molar-refractivity contribution < 1.29 is 24.2 Å². The Labute approximate surface area is 180 Å². The topological polar surface area (TPSA) is 111 Å². The van der Waals surface area contributed by atoms with Crippen molar-refractivity contribution in [2.75, 3.05) is 5.73 Å². The lowest BCUT2D eigenvalue weighted by Gasteiger charge is -2.35. The molecule has 4 N–H and O–H groups in total. The highest BCUT2D eigenvalue weighted by atomic mass is 16.6. The smallest absolute Gasteiger partial charge is 0.408 e. The van der Waals surface area contributed by atoms with Crippen LogP contribution >= 0.6 is 0 Å². The highest BCUT2D eigenvalue weighted by Gasteiger charge is 2.72. The first-order valence-electron chi connectivity index (χ1n) is 10.5. The van der Waals surface area contributed by atoms with Crippen LogP contribution in [0, 0.1) is 5.92 Å². The Morgan fingerprint density at radius 2 is 1.97 bits per heavy atom. The van der Waals surface area contributed by atoms with Crippen LogP contribution in [0.3, 0.4) is 0 Å². The number of hydrogen-bond donors (Lipinski definition) is 3. The molecule has 0 radical (unpaired) electrons. The van der Waals surface area contributed by atoms with Gasteiger partial charge in [0.25, 0.3) is 5.79 Å². The van der Waals surface area contributed by atoms with E-state index in [1.165, 1.54) is 0 Å². The summed E-state index contributed by atoms with van der Waals surface area (Å²) in [4.78, 5) is 26.6. The lowest BCUT2D eigenvalue weighted by molar-refractivity contribution is -0.170. The minimum atomic E-state index is -2.14. The molecular formula is C24H26N2O5. The summed E-state index contributed by atoms with van der Waals surface area (Å²) < 4.78 is 11.5. The van der Waals surface area contributed by atoms with Crippen LogP contribution in [-0.4, -0.2) is 22.6 Å². The number of hydrogen-bond acceptors (Lipinski definition) is 6. The van der Waals surface area contributed by atoms with Crippen LogP contribution in [0.15, 0.2) is 36.4 Å². The highest BCUT2D eigenvalue weighted by molar-refractivity contribution is 6.14. The minimum Gasteiger partial charge on any atom is -0.454 e. The zero-order chi connectivity index (χ0) is 22.3. The Bertz CT molecular complexity index is 1140. The number of amides is 1. The first-order valence-corrected chi connectivity index (χ1v) is 10.5. The number of aliphatic hydroxyl groups is 1. The van der Waals surface area contributed by atoms with Gasteiger partial charge in [-0.25, -0.2) is 4.79 Å². The van der Waals surface area contributed by atoms with Crippen molar-refractivity contribution in [3.63, 3.8) is 0 Å². The van der Waals surface area contributed by atoms with Crippen molar-refractivity contribution in [1.29, 1.82) is 0 Å². The molecule has 7 nitrogen and oxygen atoms in total.